The normalized spacial score (nSPS) is 12.0. The second-order valence-electron chi connectivity index (χ2n) is 20.8. The van der Waals surface area contributed by atoms with E-state index >= 15 is 0 Å². The first-order valence-corrected chi connectivity index (χ1v) is 23.1. The number of carbonyl (C=O) groups excluding carboxylic acids is 2. The zero-order chi connectivity index (χ0) is 49.3. The van der Waals surface area contributed by atoms with Crippen molar-refractivity contribution in [3.63, 3.8) is 0 Å². The van der Waals surface area contributed by atoms with Gasteiger partial charge in [0.1, 0.15) is 0 Å². The van der Waals surface area contributed by atoms with Crippen LogP contribution in [0.1, 0.15) is 119 Å². The van der Waals surface area contributed by atoms with Crippen molar-refractivity contribution in [2.24, 2.45) is 10.8 Å². The molecule has 6 aromatic rings. The van der Waals surface area contributed by atoms with Gasteiger partial charge in [-0.25, -0.2) is 0 Å². The summed E-state index contributed by atoms with van der Waals surface area (Å²) < 4.78 is 0. The number of ketones is 2. The molecule has 6 aromatic carbocycles. The molecule has 0 unspecified atom stereocenters. The predicted molar refractivity (Wildman–Crippen MR) is 276 cm³/mol. The molecule has 0 aliphatic carbocycles. The minimum atomic E-state index is -0.615. The van der Waals surface area contributed by atoms with Crippen LogP contribution < -0.4 is 10.2 Å². The Morgan fingerprint density at radius 3 is 0.716 bits per heavy atom. The van der Waals surface area contributed by atoms with Crippen LogP contribution in [0.15, 0.2) is 97.1 Å². The molecular weight excluding hydrogens is 872 g/mol. The van der Waals surface area contributed by atoms with Crippen LogP contribution in [-0.4, -0.2) is 11.6 Å². The van der Waals surface area contributed by atoms with Crippen LogP contribution in [0.5, 0.6) is 0 Å². The summed E-state index contributed by atoms with van der Waals surface area (Å²) in [6, 6.07) is 29.3. The topological polar surface area (TPSA) is 80.3 Å². The molecule has 0 aliphatic heterocycles. The molecule has 353 valence electrons. The molecule has 4 nitrogen and oxygen atoms in total. The first-order valence-electron chi connectivity index (χ1n) is 23.1. The van der Waals surface area contributed by atoms with Gasteiger partial charge in [0.2, 0.25) is 0 Å². The average Bonchev–Trinajstić information content (AvgIpc) is 3.16. The second kappa shape index (κ2) is 21.1. The van der Waals surface area contributed by atoms with E-state index in [-0.39, 0.29) is 40.2 Å². The maximum Gasteiger partial charge on any atom is 2.00 e. The SMILES string of the molecule is Cc1cc(C)c(-c2cccc(-c3c(C)cc(C)cc3C)c2/C([O-])=C/C(=O)C(C)(C)C)c(C)c1.Cc1cc(C)c(-c2cccc(-c3c(C)cc(C)cc3C)c2/C([O-])=C/C(=O)C(C)(C)C)c(C)c1.[Cu+2]. The third-order valence-corrected chi connectivity index (χ3v) is 12.4. The molecule has 0 spiro atoms. The number of hydrogen-bond acceptors (Lipinski definition) is 4. The number of benzene rings is 6. The number of allylic oxidation sites excluding steroid dienone is 2. The number of carbonyl (C=O) groups is 2. The molecule has 0 heterocycles. The molecule has 5 heteroatoms. The largest absolute Gasteiger partial charge is 2.00 e. The quantitative estimate of drug-likeness (QED) is 0.0865. The fraction of sp³-hybridized carbons (Fsp3) is 0.323. The van der Waals surface area contributed by atoms with Crippen LogP contribution in [0.4, 0.5) is 0 Å². The van der Waals surface area contributed by atoms with E-state index in [0.717, 1.165) is 89.0 Å². The molecule has 0 fully saturated rings. The van der Waals surface area contributed by atoms with Crippen LogP contribution in [0.25, 0.3) is 56.0 Å². The number of aryl methyl sites for hydroxylation is 12. The Balaban J connectivity index is 0.000000288. The molecule has 0 saturated carbocycles. The zero-order valence-electron chi connectivity index (χ0n) is 43.2. The molecule has 0 aromatic heterocycles. The van der Waals surface area contributed by atoms with E-state index in [1.165, 1.54) is 34.4 Å². The molecule has 0 aliphatic rings. The molecular formula is C62H70CuO4. The van der Waals surface area contributed by atoms with Crippen LogP contribution in [0, 0.1) is 93.9 Å². The van der Waals surface area contributed by atoms with Gasteiger partial charge in [0.15, 0.2) is 11.6 Å². The van der Waals surface area contributed by atoms with Crippen molar-refractivity contribution in [3.05, 3.63) is 175 Å². The first-order chi connectivity index (χ1) is 30.6. The van der Waals surface area contributed by atoms with Crippen LogP contribution in [-0.2, 0) is 26.7 Å². The van der Waals surface area contributed by atoms with Crippen molar-refractivity contribution in [3.8, 4) is 44.5 Å². The summed E-state index contributed by atoms with van der Waals surface area (Å²) in [5.74, 6) is -0.801. The van der Waals surface area contributed by atoms with Gasteiger partial charge in [-0.3, -0.25) is 9.59 Å². The summed E-state index contributed by atoms with van der Waals surface area (Å²) in [6.07, 6.45) is 2.58. The number of hydrogen-bond donors (Lipinski definition) is 0. The third-order valence-electron chi connectivity index (χ3n) is 12.4. The van der Waals surface area contributed by atoms with Crippen LogP contribution >= 0.6 is 0 Å². The second-order valence-corrected chi connectivity index (χ2v) is 20.8. The van der Waals surface area contributed by atoms with Gasteiger partial charge in [-0.05, 0) is 195 Å². The Kier molecular flexibility index (Phi) is 16.9. The van der Waals surface area contributed by atoms with Gasteiger partial charge in [0, 0.05) is 10.8 Å². The van der Waals surface area contributed by atoms with Gasteiger partial charge >= 0.3 is 17.1 Å². The molecule has 0 atom stereocenters. The van der Waals surface area contributed by atoms with Gasteiger partial charge in [0.25, 0.3) is 0 Å². The van der Waals surface area contributed by atoms with E-state index in [1.54, 1.807) is 0 Å². The monoisotopic (exact) mass is 941 g/mol. The van der Waals surface area contributed by atoms with Gasteiger partial charge < -0.3 is 10.2 Å². The summed E-state index contributed by atoms with van der Waals surface area (Å²) >= 11 is 0. The zero-order valence-corrected chi connectivity index (χ0v) is 44.1. The molecule has 6 rings (SSSR count). The van der Waals surface area contributed by atoms with Gasteiger partial charge in [-0.2, -0.15) is 0 Å². The van der Waals surface area contributed by atoms with Crippen LogP contribution in [0.3, 0.4) is 0 Å². The smallest absolute Gasteiger partial charge is 0.872 e. The summed E-state index contributed by atoms with van der Waals surface area (Å²) in [5, 5.41) is 27.6. The molecule has 67 heavy (non-hydrogen) atoms. The molecule has 0 amide bonds. The first kappa shape index (κ1) is 53.9. The van der Waals surface area contributed by atoms with Gasteiger partial charge in [-0.15, -0.1) is 0 Å². The summed E-state index contributed by atoms with van der Waals surface area (Å²) in [5.41, 5.74) is 21.5. The third kappa shape index (κ3) is 12.1. The number of rotatable bonds is 8. The van der Waals surface area contributed by atoms with E-state index in [0.29, 0.717) is 11.1 Å². The van der Waals surface area contributed by atoms with Crippen molar-refractivity contribution < 1.29 is 36.9 Å². The van der Waals surface area contributed by atoms with E-state index in [1.807, 2.05) is 77.9 Å². The summed E-state index contributed by atoms with van der Waals surface area (Å²) in [6.45, 7) is 36.1. The van der Waals surface area contributed by atoms with E-state index in [2.05, 4.69) is 132 Å². The van der Waals surface area contributed by atoms with Crippen molar-refractivity contribution in [2.75, 3.05) is 0 Å². The fourth-order valence-electron chi connectivity index (χ4n) is 9.70. The Hall–Kier alpha value is -5.74. The van der Waals surface area contributed by atoms with E-state index in [9.17, 15) is 19.8 Å². The Bertz CT molecular complexity index is 2500. The van der Waals surface area contributed by atoms with Crippen molar-refractivity contribution in [1.29, 1.82) is 0 Å². The van der Waals surface area contributed by atoms with Crippen molar-refractivity contribution in [2.45, 2.75) is 125 Å². The van der Waals surface area contributed by atoms with Crippen molar-refractivity contribution >= 4 is 23.1 Å². The Labute approximate surface area is 412 Å². The van der Waals surface area contributed by atoms with Gasteiger partial charge in [-0.1, -0.05) is 160 Å². The minimum Gasteiger partial charge on any atom is -0.872 e. The summed E-state index contributed by atoms with van der Waals surface area (Å²) in [4.78, 5) is 25.6. The van der Waals surface area contributed by atoms with E-state index in [4.69, 9.17) is 0 Å². The average molecular weight is 943 g/mol. The maximum atomic E-state index is 13.8. The fourth-order valence-corrected chi connectivity index (χ4v) is 9.70. The molecule has 0 saturated heterocycles. The molecule has 0 bridgehead atoms. The van der Waals surface area contributed by atoms with Crippen molar-refractivity contribution in [1.82, 2.24) is 0 Å². The predicted octanol–water partition coefficient (Wildman–Crippen LogP) is 14.4. The minimum absolute atomic E-state index is 0. The Morgan fingerprint density at radius 1 is 0.373 bits per heavy atom. The molecule has 1 radical (unpaired) electrons. The van der Waals surface area contributed by atoms with Gasteiger partial charge in [0.05, 0.1) is 0 Å². The Morgan fingerprint density at radius 2 is 0.552 bits per heavy atom. The van der Waals surface area contributed by atoms with Crippen LogP contribution in [0.2, 0.25) is 0 Å². The van der Waals surface area contributed by atoms with E-state index < -0.39 is 10.8 Å². The molecule has 0 N–H and O–H groups in total. The summed E-state index contributed by atoms with van der Waals surface area (Å²) in [7, 11) is 0. The standard InChI is InChI=1S/2C31H36O2.Cu/c2*1-18-13-20(3)28(21(4)14-18)24-11-10-12-25(29-22(5)15-19(2)16-23(29)6)30(24)26(32)17-27(33)31(7,8)9;/h2*10-17,32H,1-9H3;/q;;+2/p-2/b2*26-17-;. The maximum absolute atomic E-state index is 13.8.